The van der Waals surface area contributed by atoms with E-state index in [1.165, 1.54) is 41.0 Å². The number of urea groups is 1. The molecule has 1 heterocycles. The lowest BCUT2D eigenvalue weighted by Gasteiger charge is -2.18. The molecule has 2 aromatic rings. The van der Waals surface area contributed by atoms with E-state index in [-0.39, 0.29) is 11.9 Å². The SMILES string of the molecule is CCC(C)=CNC1NC(c2ccc(NC(=O)Nc3ccc([N+](=O)[O-])cc3)cc2)=CC1=C(C)C.CCCOCCC. The van der Waals surface area contributed by atoms with Gasteiger partial charge in [0.05, 0.1) is 4.92 Å². The van der Waals surface area contributed by atoms with Crippen LogP contribution < -0.4 is 21.3 Å². The second-order valence-corrected chi connectivity index (χ2v) is 9.67. The molecule has 1 unspecified atom stereocenters. The molecular weight excluding hydrogens is 506 g/mol. The van der Waals surface area contributed by atoms with Crippen molar-refractivity contribution in [1.82, 2.24) is 10.6 Å². The van der Waals surface area contributed by atoms with Crippen LogP contribution in [0, 0.1) is 10.1 Å². The number of hydrogen-bond acceptors (Lipinski definition) is 6. The van der Waals surface area contributed by atoms with Gasteiger partial charge in [0.2, 0.25) is 0 Å². The zero-order chi connectivity index (χ0) is 29.5. The summed E-state index contributed by atoms with van der Waals surface area (Å²) in [5.74, 6) is 0. The predicted molar refractivity (Wildman–Crippen MR) is 164 cm³/mol. The molecule has 1 aliphatic heterocycles. The van der Waals surface area contributed by atoms with E-state index in [1.54, 1.807) is 0 Å². The highest BCUT2D eigenvalue weighted by atomic mass is 16.6. The van der Waals surface area contributed by atoms with Crippen LogP contribution in [0.15, 0.2) is 77.5 Å². The molecule has 0 saturated heterocycles. The number of ether oxygens (including phenoxy) is 1. The molecule has 40 heavy (non-hydrogen) atoms. The van der Waals surface area contributed by atoms with Crippen LogP contribution in [0.4, 0.5) is 21.9 Å². The molecule has 3 rings (SSSR count). The van der Waals surface area contributed by atoms with Gasteiger partial charge in [0, 0.05) is 42.4 Å². The van der Waals surface area contributed by atoms with E-state index in [0.717, 1.165) is 43.7 Å². The normalized spacial score (nSPS) is 14.3. The van der Waals surface area contributed by atoms with Crippen molar-refractivity contribution in [3.05, 3.63) is 93.2 Å². The molecule has 0 spiro atoms. The highest BCUT2D eigenvalue weighted by molar-refractivity contribution is 5.99. The summed E-state index contributed by atoms with van der Waals surface area (Å²) >= 11 is 0. The van der Waals surface area contributed by atoms with Crippen molar-refractivity contribution in [3.63, 3.8) is 0 Å². The van der Waals surface area contributed by atoms with E-state index in [9.17, 15) is 14.9 Å². The number of benzene rings is 2. The molecule has 216 valence electrons. The summed E-state index contributed by atoms with van der Waals surface area (Å²) in [6.45, 7) is 14.5. The van der Waals surface area contributed by atoms with Crippen LogP contribution in [0.1, 0.15) is 66.4 Å². The number of hydrogen-bond donors (Lipinski definition) is 4. The molecule has 0 aromatic heterocycles. The van der Waals surface area contributed by atoms with Crippen molar-refractivity contribution < 1.29 is 14.5 Å². The molecule has 2 amide bonds. The minimum atomic E-state index is -0.484. The number of anilines is 2. The van der Waals surface area contributed by atoms with Gasteiger partial charge in [-0.05, 0) is 87.7 Å². The van der Waals surface area contributed by atoms with Gasteiger partial charge in [0.25, 0.3) is 5.69 Å². The molecule has 0 radical (unpaired) electrons. The fourth-order valence-corrected chi connectivity index (χ4v) is 3.66. The number of nitrogens with one attached hydrogen (secondary N) is 4. The number of nitrogens with zero attached hydrogens (tertiary/aromatic N) is 1. The number of nitro groups is 1. The number of carbonyl (C=O) groups is 1. The predicted octanol–water partition coefficient (Wildman–Crippen LogP) is 7.57. The molecule has 0 fully saturated rings. The molecule has 1 aliphatic rings. The Labute approximate surface area is 237 Å². The summed E-state index contributed by atoms with van der Waals surface area (Å²) in [4.78, 5) is 22.5. The second-order valence-electron chi connectivity index (χ2n) is 9.67. The Balaban J connectivity index is 0.000000708. The van der Waals surface area contributed by atoms with Crippen molar-refractivity contribution >= 4 is 28.8 Å². The molecule has 0 saturated carbocycles. The van der Waals surface area contributed by atoms with Gasteiger partial charge in [0.1, 0.15) is 6.17 Å². The number of non-ortho nitro benzene ring substituents is 1. The summed E-state index contributed by atoms with van der Waals surface area (Å²) < 4.78 is 5.13. The first-order valence-electron chi connectivity index (χ1n) is 13.8. The highest BCUT2D eigenvalue weighted by Crippen LogP contribution is 2.26. The summed E-state index contributed by atoms with van der Waals surface area (Å²) in [5.41, 5.74) is 6.81. The number of nitro benzene ring substituents is 1. The van der Waals surface area contributed by atoms with Crippen LogP contribution in [0.3, 0.4) is 0 Å². The molecule has 2 aromatic carbocycles. The first kappa shape index (κ1) is 32.1. The zero-order valence-electron chi connectivity index (χ0n) is 24.5. The molecular formula is C31H43N5O4. The van der Waals surface area contributed by atoms with Gasteiger partial charge in [-0.15, -0.1) is 0 Å². The largest absolute Gasteiger partial charge is 0.381 e. The third-order valence-electron chi connectivity index (χ3n) is 6.03. The fraction of sp³-hybridized carbons (Fsp3) is 0.387. The van der Waals surface area contributed by atoms with Gasteiger partial charge < -0.3 is 26.0 Å². The molecule has 9 nitrogen and oxygen atoms in total. The quantitative estimate of drug-likeness (QED) is 0.130. The van der Waals surface area contributed by atoms with Crippen molar-refractivity contribution in [3.8, 4) is 0 Å². The minimum absolute atomic E-state index is 0.0109. The highest BCUT2D eigenvalue weighted by Gasteiger charge is 2.22. The third-order valence-corrected chi connectivity index (χ3v) is 6.03. The van der Waals surface area contributed by atoms with Gasteiger partial charge in [-0.25, -0.2) is 4.79 Å². The second kappa shape index (κ2) is 16.8. The van der Waals surface area contributed by atoms with Crippen LogP contribution in [-0.2, 0) is 4.74 Å². The first-order chi connectivity index (χ1) is 19.2. The smallest absolute Gasteiger partial charge is 0.323 e. The Morgan fingerprint density at radius 1 is 0.950 bits per heavy atom. The van der Waals surface area contributed by atoms with Gasteiger partial charge in [-0.3, -0.25) is 10.1 Å². The molecule has 1 atom stereocenters. The molecule has 9 heteroatoms. The Hall–Kier alpha value is -4.11. The molecule has 0 bridgehead atoms. The van der Waals surface area contributed by atoms with Crippen LogP contribution in [-0.4, -0.2) is 30.3 Å². The average molecular weight is 550 g/mol. The Morgan fingerprint density at radius 2 is 1.50 bits per heavy atom. The van der Waals surface area contributed by atoms with Crippen molar-refractivity contribution in [2.24, 2.45) is 0 Å². The number of allylic oxidation sites excluding steroid dienone is 2. The Kier molecular flexibility index (Phi) is 13.5. The van der Waals surface area contributed by atoms with E-state index in [4.69, 9.17) is 4.74 Å². The first-order valence-corrected chi connectivity index (χ1v) is 13.8. The molecule has 0 aliphatic carbocycles. The lowest BCUT2D eigenvalue weighted by molar-refractivity contribution is -0.384. The third kappa shape index (κ3) is 10.6. The summed E-state index contributed by atoms with van der Waals surface area (Å²) in [7, 11) is 0. The summed E-state index contributed by atoms with van der Waals surface area (Å²) in [6, 6.07) is 12.8. The summed E-state index contributed by atoms with van der Waals surface area (Å²) in [6.07, 6.45) is 7.48. The van der Waals surface area contributed by atoms with E-state index in [0.29, 0.717) is 11.4 Å². The van der Waals surface area contributed by atoms with Gasteiger partial charge in [0.15, 0.2) is 0 Å². The maximum Gasteiger partial charge on any atom is 0.323 e. The van der Waals surface area contributed by atoms with Gasteiger partial charge >= 0.3 is 6.03 Å². The topological polar surface area (TPSA) is 118 Å². The van der Waals surface area contributed by atoms with Crippen LogP contribution in [0.5, 0.6) is 0 Å². The van der Waals surface area contributed by atoms with Crippen LogP contribution >= 0.6 is 0 Å². The lowest BCUT2D eigenvalue weighted by Crippen LogP contribution is -2.36. The van der Waals surface area contributed by atoms with Crippen molar-refractivity contribution in [2.45, 2.75) is 67.0 Å². The van der Waals surface area contributed by atoms with E-state index in [2.05, 4.69) is 68.9 Å². The molecule has 4 N–H and O–H groups in total. The zero-order valence-corrected chi connectivity index (χ0v) is 24.5. The standard InChI is InChI=1S/C25H29N5O3.C6H14O/c1-5-17(4)15-26-24-22(16(2)3)14-23(29-24)18-6-8-19(9-7-18)27-25(31)28-20-10-12-21(13-11-20)30(32)33;1-3-5-7-6-4-2/h6-15,24,26,29H,5H2,1-4H3,(H2,27,28,31);3-6H2,1-2H3. The number of rotatable bonds is 11. The van der Waals surface area contributed by atoms with Crippen LogP contribution in [0.2, 0.25) is 0 Å². The minimum Gasteiger partial charge on any atom is -0.381 e. The Morgan fingerprint density at radius 3 is 1.98 bits per heavy atom. The van der Waals surface area contributed by atoms with Crippen molar-refractivity contribution in [2.75, 3.05) is 23.8 Å². The van der Waals surface area contributed by atoms with Crippen molar-refractivity contribution in [1.29, 1.82) is 0 Å². The maximum absolute atomic E-state index is 12.3. The van der Waals surface area contributed by atoms with Crippen LogP contribution in [0.25, 0.3) is 5.70 Å². The summed E-state index contributed by atoms with van der Waals surface area (Å²) in [5, 5.41) is 23.1. The fourth-order valence-electron chi connectivity index (χ4n) is 3.66. The van der Waals surface area contributed by atoms with E-state index in [1.807, 2.05) is 30.5 Å². The average Bonchev–Trinajstić information content (AvgIpc) is 3.38. The monoisotopic (exact) mass is 549 g/mol. The number of carbonyl (C=O) groups excluding carboxylic acids is 1. The lowest BCUT2D eigenvalue weighted by atomic mass is 10.1. The van der Waals surface area contributed by atoms with Gasteiger partial charge in [-0.2, -0.15) is 0 Å². The Bertz CT molecular complexity index is 1190. The maximum atomic E-state index is 12.3. The number of amides is 2. The van der Waals surface area contributed by atoms with E-state index >= 15 is 0 Å². The van der Waals surface area contributed by atoms with Gasteiger partial charge in [-0.1, -0.05) is 44.1 Å². The van der Waals surface area contributed by atoms with E-state index < -0.39 is 11.0 Å².